The lowest BCUT2D eigenvalue weighted by Crippen LogP contribution is -2.25. The molecule has 0 saturated carbocycles. The number of carbonyl (C=O) groups excluding carboxylic acids is 2. The largest absolute Gasteiger partial charge is 0.456 e. The molecule has 0 unspecified atom stereocenters. The molecule has 2 heterocycles. The molecule has 0 saturated heterocycles. The molecular weight excluding hydrogens is 477 g/mol. The molecule has 2 aromatic carbocycles. The summed E-state index contributed by atoms with van der Waals surface area (Å²) in [4.78, 5) is 41.1. The number of aromatic nitrogens is 3. The molecule has 0 radical (unpaired) electrons. The number of nitrogens with two attached hydrogens (primary N) is 1. The first-order valence-corrected chi connectivity index (χ1v) is 10.6. The van der Waals surface area contributed by atoms with Crippen molar-refractivity contribution in [3.8, 4) is 17.2 Å². The molecule has 2 amide bonds. The summed E-state index contributed by atoms with van der Waals surface area (Å²) >= 11 is 6.08. The first-order chi connectivity index (χ1) is 16.7. The Morgan fingerprint density at radius 1 is 1.14 bits per heavy atom. The lowest BCUT2D eigenvalue weighted by molar-refractivity contribution is 0.0993. The molecule has 0 atom stereocenters. The van der Waals surface area contributed by atoms with Gasteiger partial charge in [-0.25, -0.2) is 14.1 Å². The summed E-state index contributed by atoms with van der Waals surface area (Å²) in [5.41, 5.74) is 5.22. The van der Waals surface area contributed by atoms with E-state index >= 15 is 0 Å². The maximum Gasteiger partial charge on any atom is 0.284 e. The molecule has 3 N–H and O–H groups in total. The van der Waals surface area contributed by atoms with Crippen LogP contribution in [0.4, 0.5) is 10.1 Å². The highest BCUT2D eigenvalue weighted by molar-refractivity contribution is 6.34. The summed E-state index contributed by atoms with van der Waals surface area (Å²) in [5.74, 6) is -2.31. The monoisotopic (exact) mass is 495 g/mol. The molecule has 11 heteroatoms. The number of nitrogens with one attached hydrogen (secondary N) is 1. The van der Waals surface area contributed by atoms with E-state index in [1.54, 1.807) is 42.9 Å². The molecule has 4 rings (SSSR count). The van der Waals surface area contributed by atoms with Gasteiger partial charge in [-0.05, 0) is 31.2 Å². The average Bonchev–Trinajstić information content (AvgIpc) is 3.05. The van der Waals surface area contributed by atoms with Crippen molar-refractivity contribution >= 4 is 29.1 Å². The van der Waals surface area contributed by atoms with Crippen LogP contribution >= 0.6 is 11.6 Å². The molecule has 35 heavy (non-hydrogen) atoms. The standard InChI is InChI=1S/C24H19ClFN5O4/c1-13-19(24(34)31(30(13)2)14-6-4-3-5-7-14)23(33)29-17-9-8-15(12-16(17)26)35-18-10-11-28-21(20(18)25)22(27)32/h3-12H,1-2H3,(H2,27,32)(H,29,33). The lowest BCUT2D eigenvalue weighted by atomic mass is 10.2. The molecule has 0 aliphatic rings. The van der Waals surface area contributed by atoms with E-state index < -0.39 is 23.2 Å². The number of hydrogen-bond donors (Lipinski definition) is 2. The summed E-state index contributed by atoms with van der Waals surface area (Å²) in [6.07, 6.45) is 1.27. The van der Waals surface area contributed by atoms with E-state index in [1.807, 2.05) is 6.07 Å². The van der Waals surface area contributed by atoms with Crippen molar-refractivity contribution in [2.45, 2.75) is 6.92 Å². The topological polar surface area (TPSA) is 121 Å². The molecule has 0 aliphatic carbocycles. The summed E-state index contributed by atoms with van der Waals surface area (Å²) in [7, 11) is 1.65. The Kier molecular flexibility index (Phi) is 6.39. The zero-order chi connectivity index (χ0) is 25.3. The van der Waals surface area contributed by atoms with Crippen LogP contribution < -0.4 is 21.3 Å². The van der Waals surface area contributed by atoms with Crippen molar-refractivity contribution in [1.29, 1.82) is 0 Å². The van der Waals surface area contributed by atoms with Gasteiger partial charge in [0.15, 0.2) is 0 Å². The Balaban J connectivity index is 1.59. The number of para-hydroxylation sites is 1. The molecule has 0 spiro atoms. The Bertz CT molecular complexity index is 1510. The number of pyridine rings is 1. The number of benzene rings is 2. The van der Waals surface area contributed by atoms with Crippen molar-refractivity contribution in [2.75, 3.05) is 5.32 Å². The molecule has 4 aromatic rings. The SMILES string of the molecule is Cc1c(C(=O)Nc2ccc(Oc3ccnc(C(N)=O)c3Cl)cc2F)c(=O)n(-c2ccccc2)n1C. The van der Waals surface area contributed by atoms with Gasteiger partial charge in [0.1, 0.15) is 33.6 Å². The molecule has 0 bridgehead atoms. The predicted octanol–water partition coefficient (Wildman–Crippen LogP) is 3.82. The highest BCUT2D eigenvalue weighted by Gasteiger charge is 2.23. The summed E-state index contributed by atoms with van der Waals surface area (Å²) in [6.45, 7) is 1.63. The third-order valence-corrected chi connectivity index (χ3v) is 5.65. The van der Waals surface area contributed by atoms with Gasteiger partial charge < -0.3 is 15.8 Å². The fraction of sp³-hybridized carbons (Fsp3) is 0.0833. The van der Waals surface area contributed by atoms with E-state index in [0.717, 1.165) is 6.07 Å². The van der Waals surface area contributed by atoms with Gasteiger partial charge in [-0.2, -0.15) is 0 Å². The first kappa shape index (κ1) is 23.7. The maximum absolute atomic E-state index is 14.8. The number of nitrogens with zero attached hydrogens (tertiary/aromatic N) is 3. The number of hydrogen-bond acceptors (Lipinski definition) is 5. The highest BCUT2D eigenvalue weighted by atomic mass is 35.5. The van der Waals surface area contributed by atoms with E-state index in [2.05, 4.69) is 10.3 Å². The van der Waals surface area contributed by atoms with Gasteiger partial charge in [-0.3, -0.25) is 19.1 Å². The number of halogens is 2. The van der Waals surface area contributed by atoms with Gasteiger partial charge in [-0.15, -0.1) is 0 Å². The fourth-order valence-corrected chi connectivity index (χ4v) is 3.72. The number of anilines is 1. The van der Waals surface area contributed by atoms with Gasteiger partial charge in [0.2, 0.25) is 0 Å². The summed E-state index contributed by atoms with van der Waals surface area (Å²) in [5, 5.41) is 2.31. The minimum Gasteiger partial charge on any atom is -0.456 e. The molecule has 0 aliphatic heterocycles. The third-order valence-electron chi connectivity index (χ3n) is 5.29. The number of carbonyl (C=O) groups is 2. The van der Waals surface area contributed by atoms with Crippen LogP contribution in [0.25, 0.3) is 5.69 Å². The maximum atomic E-state index is 14.8. The Hall–Kier alpha value is -4.44. The van der Waals surface area contributed by atoms with Gasteiger partial charge in [0.05, 0.1) is 17.1 Å². The van der Waals surface area contributed by atoms with Crippen molar-refractivity contribution in [3.05, 3.63) is 98.9 Å². The third kappa shape index (κ3) is 4.51. The van der Waals surface area contributed by atoms with Gasteiger partial charge in [0, 0.05) is 25.4 Å². The van der Waals surface area contributed by atoms with Crippen LogP contribution in [0.1, 0.15) is 26.5 Å². The minimum atomic E-state index is -0.841. The minimum absolute atomic E-state index is 0.0475. The van der Waals surface area contributed by atoms with Crippen LogP contribution in [-0.4, -0.2) is 26.2 Å². The van der Waals surface area contributed by atoms with E-state index in [0.29, 0.717) is 11.4 Å². The number of ether oxygens (including phenoxy) is 1. The number of rotatable bonds is 6. The van der Waals surface area contributed by atoms with Crippen molar-refractivity contribution in [3.63, 3.8) is 0 Å². The van der Waals surface area contributed by atoms with Crippen molar-refractivity contribution in [1.82, 2.24) is 14.3 Å². The Morgan fingerprint density at radius 3 is 2.51 bits per heavy atom. The summed E-state index contributed by atoms with van der Waals surface area (Å²) in [6, 6.07) is 13.9. The van der Waals surface area contributed by atoms with Crippen LogP contribution in [0.15, 0.2) is 65.6 Å². The number of amides is 2. The summed E-state index contributed by atoms with van der Waals surface area (Å²) < 4.78 is 23.2. The van der Waals surface area contributed by atoms with E-state index in [-0.39, 0.29) is 33.5 Å². The number of primary amides is 1. The zero-order valence-electron chi connectivity index (χ0n) is 18.6. The molecule has 178 valence electrons. The van der Waals surface area contributed by atoms with E-state index in [4.69, 9.17) is 22.1 Å². The molecule has 2 aromatic heterocycles. The van der Waals surface area contributed by atoms with E-state index in [1.165, 1.54) is 29.1 Å². The predicted molar refractivity (Wildman–Crippen MR) is 128 cm³/mol. The first-order valence-electron chi connectivity index (χ1n) is 10.3. The van der Waals surface area contributed by atoms with Crippen LogP contribution in [-0.2, 0) is 7.05 Å². The quantitative estimate of drug-likeness (QED) is 0.421. The lowest BCUT2D eigenvalue weighted by Gasteiger charge is -2.11. The second kappa shape index (κ2) is 9.43. The van der Waals surface area contributed by atoms with Crippen LogP contribution in [0.2, 0.25) is 5.02 Å². The van der Waals surface area contributed by atoms with Gasteiger partial charge in [0.25, 0.3) is 17.4 Å². The highest BCUT2D eigenvalue weighted by Crippen LogP contribution is 2.32. The smallest absolute Gasteiger partial charge is 0.284 e. The Morgan fingerprint density at radius 2 is 1.86 bits per heavy atom. The molecule has 9 nitrogen and oxygen atoms in total. The van der Waals surface area contributed by atoms with Crippen LogP contribution in [0, 0.1) is 12.7 Å². The average molecular weight is 496 g/mol. The normalized spacial score (nSPS) is 10.7. The van der Waals surface area contributed by atoms with Crippen molar-refractivity contribution < 1.29 is 18.7 Å². The van der Waals surface area contributed by atoms with Gasteiger partial charge in [-0.1, -0.05) is 29.8 Å². The molecular formula is C24H19ClFN5O4. The van der Waals surface area contributed by atoms with Crippen molar-refractivity contribution in [2.24, 2.45) is 12.8 Å². The Labute approximate surface area is 203 Å². The van der Waals surface area contributed by atoms with Crippen LogP contribution in [0.5, 0.6) is 11.5 Å². The fourth-order valence-electron chi connectivity index (χ4n) is 3.48. The second-order valence-corrected chi connectivity index (χ2v) is 7.85. The van der Waals surface area contributed by atoms with Gasteiger partial charge >= 0.3 is 0 Å². The second-order valence-electron chi connectivity index (χ2n) is 7.47. The zero-order valence-corrected chi connectivity index (χ0v) is 19.3. The van der Waals surface area contributed by atoms with Crippen LogP contribution in [0.3, 0.4) is 0 Å². The molecule has 0 fully saturated rings. The van der Waals surface area contributed by atoms with E-state index in [9.17, 15) is 18.8 Å².